The molecule has 0 aliphatic carbocycles. The number of nitrogens with zero attached hydrogens (tertiary/aromatic N) is 5. The molecule has 5 nitrogen and oxygen atoms in total. The lowest BCUT2D eigenvalue weighted by atomic mass is 9.79. The zero-order valence-electron chi connectivity index (χ0n) is 64.4. The SMILES string of the molecule is CC(C)(C)c1cc(CN2C(=NC3=[N+](Cc4cc(C(C)(C)C)cc(C(C)(C)C)c4Br)C(c4ccccc4)C(c4ccccc4)N3Cc3cc(C(C)(C)C)cc(C(C)(C)C)c3Br)N(Cc3cc(C(C)(C)C)cc(C(C)(C)C)c3Br)C(c3ccccc3)C2c2ccccc2)c(Br)c(C(C)(C)C)c1.[Cl-]. The summed E-state index contributed by atoms with van der Waals surface area (Å²) in [7, 11) is 0. The third-order valence-electron chi connectivity index (χ3n) is 20.4. The predicted octanol–water partition coefficient (Wildman–Crippen LogP) is 22.8. The van der Waals surface area contributed by atoms with E-state index < -0.39 is 0 Å². The molecule has 1 saturated heterocycles. The molecule has 0 spiro atoms. The molecule has 532 valence electrons. The van der Waals surface area contributed by atoms with Gasteiger partial charge in [0.15, 0.2) is 0 Å². The van der Waals surface area contributed by atoms with E-state index in [9.17, 15) is 0 Å². The van der Waals surface area contributed by atoms with Gasteiger partial charge in [-0.1, -0.05) is 400 Å². The fraction of sp³-hybridized carbons (Fsp3) is 0.444. The lowest BCUT2D eigenvalue weighted by molar-refractivity contribution is -0.583. The molecule has 4 unspecified atom stereocenters. The molecule has 10 heteroatoms. The minimum absolute atomic E-state index is 0. The highest BCUT2D eigenvalue weighted by Gasteiger charge is 2.54. The Kier molecular flexibility index (Phi) is 23.1. The van der Waals surface area contributed by atoms with Gasteiger partial charge in [-0.25, -0.2) is 9.48 Å². The van der Waals surface area contributed by atoms with Crippen molar-refractivity contribution < 1.29 is 17.0 Å². The largest absolute Gasteiger partial charge is 1.00 e. The van der Waals surface area contributed by atoms with Gasteiger partial charge in [-0.15, -0.1) is 0 Å². The van der Waals surface area contributed by atoms with Gasteiger partial charge in [0, 0.05) is 42.1 Å². The van der Waals surface area contributed by atoms with Crippen molar-refractivity contribution in [3.05, 3.63) is 277 Å². The van der Waals surface area contributed by atoms with E-state index in [0.717, 1.165) is 29.8 Å². The van der Waals surface area contributed by atoms with E-state index in [1.807, 2.05) is 0 Å². The van der Waals surface area contributed by atoms with Crippen LogP contribution in [0.3, 0.4) is 0 Å². The Labute approximate surface area is 643 Å². The first kappa shape index (κ1) is 78.8. The van der Waals surface area contributed by atoms with E-state index in [1.165, 1.54) is 89.0 Å². The standard InChI is InChI=1S/C90H112Br4N5.ClH/c1-83(2,3)65-45-61(73(91)69(49-65)87(13,14)15)53-96-77(57-37-29-25-30-38-57)78(58-39-31-26-32-40-58)97(54-62-46-66(84(4,5)6)50-70(74(62)92)88(16,17)18)81(96)95-82-98(55-63-47-67(85(7,8)9)51-71(75(63)93)89(19,20)21)79(59-41-33-27-34-42-59)80(60-43-35-28-36-44-60)99(82)56-64-48-68(86(10,11)12)52-72(76(64)94)90(22,23)24;/h25-52,77-80H,53-56H2,1-24H3;1H/q+1;/p-1. The minimum Gasteiger partial charge on any atom is -1.00 e. The zero-order valence-corrected chi connectivity index (χ0v) is 71.5. The summed E-state index contributed by atoms with van der Waals surface area (Å²) in [6.07, 6.45) is 0. The summed E-state index contributed by atoms with van der Waals surface area (Å²) in [6, 6.07) is 64.4. The van der Waals surface area contributed by atoms with Crippen molar-refractivity contribution in [2.75, 3.05) is 0 Å². The van der Waals surface area contributed by atoms with Crippen LogP contribution in [0.1, 0.15) is 279 Å². The molecule has 0 amide bonds. The Morgan fingerprint density at radius 1 is 0.310 bits per heavy atom. The van der Waals surface area contributed by atoms with Gasteiger partial charge < -0.3 is 22.2 Å². The average Bonchev–Trinajstić information content (AvgIpc) is 1.56. The van der Waals surface area contributed by atoms with Crippen molar-refractivity contribution in [3.63, 3.8) is 0 Å². The van der Waals surface area contributed by atoms with E-state index in [-0.39, 0.29) is 79.9 Å². The minimum atomic E-state index is -0.222. The average molecular weight is 1620 g/mol. The molecule has 8 aromatic rings. The summed E-state index contributed by atoms with van der Waals surface area (Å²) in [5.41, 5.74) is 19.0. The summed E-state index contributed by atoms with van der Waals surface area (Å²) in [5, 5.41) is 0. The Bertz CT molecular complexity index is 4160. The van der Waals surface area contributed by atoms with Crippen LogP contribution in [0.4, 0.5) is 0 Å². The van der Waals surface area contributed by atoms with Crippen molar-refractivity contribution in [2.45, 2.75) is 260 Å². The van der Waals surface area contributed by atoms with Crippen LogP contribution in [-0.4, -0.2) is 31.2 Å². The van der Waals surface area contributed by atoms with Crippen LogP contribution in [0.2, 0.25) is 0 Å². The van der Waals surface area contributed by atoms with Gasteiger partial charge in [0.1, 0.15) is 12.1 Å². The molecule has 8 aromatic carbocycles. The van der Waals surface area contributed by atoms with Crippen molar-refractivity contribution >= 4 is 75.6 Å². The lowest BCUT2D eigenvalue weighted by Crippen LogP contribution is -3.00. The first-order valence-electron chi connectivity index (χ1n) is 35.9. The summed E-state index contributed by atoms with van der Waals surface area (Å²) in [5.74, 6) is 1.82. The molecule has 0 saturated carbocycles. The van der Waals surface area contributed by atoms with Crippen LogP contribution in [0, 0.1) is 0 Å². The number of hydrogen-bond donors (Lipinski definition) is 0. The molecule has 10 rings (SSSR count). The van der Waals surface area contributed by atoms with Crippen molar-refractivity contribution in [2.24, 2.45) is 4.99 Å². The molecule has 0 bridgehead atoms. The van der Waals surface area contributed by atoms with Gasteiger partial charge in [-0.05, 0) is 126 Å². The van der Waals surface area contributed by atoms with Gasteiger partial charge in [-0.2, -0.15) is 0 Å². The number of rotatable bonds is 12. The van der Waals surface area contributed by atoms with Crippen LogP contribution in [0.15, 0.2) is 193 Å². The second-order valence-corrected chi connectivity index (χ2v) is 39.8. The molecule has 0 N–H and O–H groups in total. The first-order valence-corrected chi connectivity index (χ1v) is 39.1. The van der Waals surface area contributed by atoms with Crippen molar-refractivity contribution in [3.8, 4) is 0 Å². The van der Waals surface area contributed by atoms with E-state index in [4.69, 9.17) is 4.99 Å². The Morgan fingerprint density at radius 3 is 0.840 bits per heavy atom. The quantitative estimate of drug-likeness (QED) is 0.114. The Hall–Kier alpha value is -5.29. The molecule has 0 radical (unpaired) electrons. The normalized spacial score (nSPS) is 17.6. The van der Waals surface area contributed by atoms with Crippen molar-refractivity contribution in [1.29, 1.82) is 0 Å². The van der Waals surface area contributed by atoms with E-state index in [2.05, 4.69) is 419 Å². The second kappa shape index (κ2) is 29.3. The molecule has 2 heterocycles. The van der Waals surface area contributed by atoms with Gasteiger partial charge in [0.05, 0.1) is 25.2 Å². The fourth-order valence-electron chi connectivity index (χ4n) is 14.4. The maximum absolute atomic E-state index is 6.85. The number of hydrogen-bond acceptors (Lipinski definition) is 2. The summed E-state index contributed by atoms with van der Waals surface area (Å²) < 4.78 is 7.28. The molecule has 0 aromatic heterocycles. The summed E-state index contributed by atoms with van der Waals surface area (Å²) in [6.45, 7) is 58.8. The third-order valence-corrected chi connectivity index (χ3v) is 24.1. The van der Waals surface area contributed by atoms with Gasteiger partial charge in [-0.3, -0.25) is 0 Å². The molecule has 100 heavy (non-hydrogen) atoms. The van der Waals surface area contributed by atoms with Crippen LogP contribution in [0.25, 0.3) is 0 Å². The van der Waals surface area contributed by atoms with Crippen LogP contribution in [-0.2, 0) is 69.5 Å². The van der Waals surface area contributed by atoms with Gasteiger partial charge in [0.2, 0.25) is 0 Å². The highest BCUT2D eigenvalue weighted by Crippen LogP contribution is 2.52. The molecule has 2 aliphatic rings. The highest BCUT2D eigenvalue weighted by atomic mass is 79.9. The second-order valence-electron chi connectivity index (χ2n) is 36.6. The van der Waals surface area contributed by atoms with Crippen LogP contribution < -0.4 is 12.4 Å². The van der Waals surface area contributed by atoms with Crippen LogP contribution in [0.5, 0.6) is 0 Å². The number of benzene rings is 8. The zero-order chi connectivity index (χ0) is 72.7. The molecular weight excluding hydrogens is 1510 g/mol. The molecular formula is C90H112Br4ClN5. The summed E-state index contributed by atoms with van der Waals surface area (Å²) in [4.78, 5) is 15.0. The van der Waals surface area contributed by atoms with Crippen molar-refractivity contribution in [1.82, 2.24) is 14.7 Å². The number of halogens is 5. The predicted molar refractivity (Wildman–Crippen MR) is 436 cm³/mol. The Balaban J connectivity index is 0.0000117. The first-order chi connectivity index (χ1) is 45.8. The highest BCUT2D eigenvalue weighted by molar-refractivity contribution is 9.11. The van der Waals surface area contributed by atoms with Crippen LogP contribution >= 0.6 is 63.7 Å². The Morgan fingerprint density at radius 2 is 0.560 bits per heavy atom. The molecule has 1 fully saturated rings. The van der Waals surface area contributed by atoms with E-state index >= 15 is 0 Å². The monoisotopic (exact) mass is 1610 g/mol. The van der Waals surface area contributed by atoms with Gasteiger partial charge >= 0.3 is 5.96 Å². The smallest absolute Gasteiger partial charge is 0.394 e. The number of guanidine groups is 2. The topological polar surface area (TPSA) is 25.1 Å². The summed E-state index contributed by atoms with van der Waals surface area (Å²) >= 11 is 17.7. The lowest BCUT2D eigenvalue weighted by Gasteiger charge is -2.32. The maximum Gasteiger partial charge on any atom is 0.394 e. The number of aliphatic imine (C=N–C) groups is 1. The maximum atomic E-state index is 6.85. The molecule has 2 aliphatic heterocycles. The fourth-order valence-corrected chi connectivity index (χ4v) is 18.2. The molecule has 4 atom stereocenters. The van der Waals surface area contributed by atoms with Gasteiger partial charge in [0.25, 0.3) is 5.96 Å². The third kappa shape index (κ3) is 16.9. The van der Waals surface area contributed by atoms with E-state index in [0.29, 0.717) is 26.2 Å². The van der Waals surface area contributed by atoms with E-state index in [1.54, 1.807) is 0 Å².